The van der Waals surface area contributed by atoms with Crippen LogP contribution in [0.2, 0.25) is 0 Å². The first-order chi connectivity index (χ1) is 24.2. The van der Waals surface area contributed by atoms with Gasteiger partial charge in [-0.15, -0.1) is 0 Å². The number of para-hydroxylation sites is 1. The van der Waals surface area contributed by atoms with Crippen molar-refractivity contribution in [2.75, 3.05) is 19.3 Å². The third-order valence-corrected chi connectivity index (χ3v) is 12.8. The van der Waals surface area contributed by atoms with Gasteiger partial charge in [0.1, 0.15) is 11.8 Å². The first kappa shape index (κ1) is 41.3. The zero-order valence-corrected chi connectivity index (χ0v) is 33.0. The number of amides is 3. The summed E-state index contributed by atoms with van der Waals surface area (Å²) < 4.78 is 30.5. The molecule has 3 unspecified atom stereocenters. The van der Waals surface area contributed by atoms with Crippen molar-refractivity contribution in [2.24, 2.45) is 11.8 Å². The Kier molecular flexibility index (Phi) is 13.2. The van der Waals surface area contributed by atoms with E-state index in [2.05, 4.69) is 20.9 Å². The molecule has 3 amide bonds. The van der Waals surface area contributed by atoms with Crippen LogP contribution in [0.5, 0.6) is 5.75 Å². The van der Waals surface area contributed by atoms with Gasteiger partial charge < -0.3 is 25.8 Å². The molecule has 1 aliphatic heterocycles. The van der Waals surface area contributed by atoms with Gasteiger partial charge in [0.2, 0.25) is 11.8 Å². The number of carbonyl (C=O) groups excluding carboxylic acids is 3. The monoisotopic (exact) mass is 740 g/mol. The minimum Gasteiger partial charge on any atom is -0.478 e. The molecule has 2 fully saturated rings. The van der Waals surface area contributed by atoms with Gasteiger partial charge in [-0.1, -0.05) is 67.8 Å². The van der Waals surface area contributed by atoms with Gasteiger partial charge >= 0.3 is 0 Å². The van der Waals surface area contributed by atoms with Crippen LogP contribution in [0.1, 0.15) is 86.1 Å². The summed E-state index contributed by atoms with van der Waals surface area (Å²) in [5, 5.41) is 20.8. The lowest BCUT2D eigenvalue weighted by Crippen LogP contribution is -2.65. The second-order valence-electron chi connectivity index (χ2n) is 16.8. The Balaban J connectivity index is 1.63. The average Bonchev–Trinajstić information content (AvgIpc) is 3.05. The van der Waals surface area contributed by atoms with Gasteiger partial charge in [0.05, 0.1) is 22.9 Å². The lowest BCUT2D eigenvalue weighted by Gasteiger charge is -2.47. The van der Waals surface area contributed by atoms with E-state index in [0.717, 1.165) is 37.5 Å². The van der Waals surface area contributed by atoms with Crippen LogP contribution in [-0.4, -0.2) is 95.6 Å². The molecule has 1 saturated heterocycles. The number of nitrogens with one attached hydrogen (secondary N) is 3. The predicted molar refractivity (Wildman–Crippen MR) is 203 cm³/mol. The molecular formula is C40H60N4O7S. The highest BCUT2D eigenvalue weighted by molar-refractivity contribution is 7.92. The van der Waals surface area contributed by atoms with E-state index in [0.29, 0.717) is 30.6 Å². The molecule has 6 atom stereocenters. The number of fused-ring (bicyclic) bond motifs is 1. The Labute approximate surface area is 310 Å². The molecule has 52 heavy (non-hydrogen) atoms. The first-order valence-electron chi connectivity index (χ1n) is 18.5. The molecule has 1 aliphatic carbocycles. The highest BCUT2D eigenvalue weighted by Gasteiger charge is 2.48. The number of aliphatic hydroxyl groups is 1. The lowest BCUT2D eigenvalue weighted by atomic mass is 9.72. The summed E-state index contributed by atoms with van der Waals surface area (Å²) in [4.78, 5) is 43.9. The predicted octanol–water partition coefficient (Wildman–Crippen LogP) is 4.04. The van der Waals surface area contributed by atoms with Crippen molar-refractivity contribution in [1.29, 1.82) is 0 Å². The molecule has 0 bridgehead atoms. The fourth-order valence-electron chi connectivity index (χ4n) is 7.32. The van der Waals surface area contributed by atoms with Gasteiger partial charge in [-0.3, -0.25) is 19.3 Å². The number of aliphatic hydroxyl groups excluding tert-OH is 1. The Bertz CT molecular complexity index is 1630. The van der Waals surface area contributed by atoms with Gasteiger partial charge in [-0.25, -0.2) is 8.42 Å². The summed E-state index contributed by atoms with van der Waals surface area (Å²) in [5.41, 5.74) is -1.05. The van der Waals surface area contributed by atoms with Crippen LogP contribution in [0.4, 0.5) is 0 Å². The molecule has 4 rings (SSSR count). The summed E-state index contributed by atoms with van der Waals surface area (Å²) in [7, 11) is -3.91. The van der Waals surface area contributed by atoms with Crippen molar-refractivity contribution in [1.82, 2.24) is 20.9 Å². The van der Waals surface area contributed by atoms with E-state index in [9.17, 15) is 27.9 Å². The molecular weight excluding hydrogens is 681 g/mol. The molecule has 288 valence electrons. The average molecular weight is 741 g/mol. The molecule has 2 aliphatic rings. The fourth-order valence-corrected chi connectivity index (χ4v) is 7.91. The van der Waals surface area contributed by atoms with Gasteiger partial charge in [-0.05, 0) is 97.3 Å². The van der Waals surface area contributed by atoms with Crippen LogP contribution >= 0.6 is 0 Å². The number of piperidine rings is 1. The van der Waals surface area contributed by atoms with Crippen LogP contribution in [0.25, 0.3) is 0 Å². The van der Waals surface area contributed by atoms with Crippen molar-refractivity contribution in [2.45, 2.75) is 127 Å². The number of ether oxygens (including phenoxy) is 1. The van der Waals surface area contributed by atoms with E-state index >= 15 is 0 Å². The van der Waals surface area contributed by atoms with Gasteiger partial charge in [0.25, 0.3) is 5.91 Å². The number of likely N-dealkylation sites (tertiary alicyclic amines) is 1. The normalized spacial score (nSPS) is 21.9. The Morgan fingerprint density at radius 2 is 1.46 bits per heavy atom. The second kappa shape index (κ2) is 16.7. The zero-order chi connectivity index (χ0) is 38.5. The largest absolute Gasteiger partial charge is 0.478 e. The molecule has 12 heteroatoms. The summed E-state index contributed by atoms with van der Waals surface area (Å²) in [6, 6.07) is 15.3. The van der Waals surface area contributed by atoms with Crippen LogP contribution in [0.15, 0.2) is 60.7 Å². The summed E-state index contributed by atoms with van der Waals surface area (Å²) in [6.45, 7) is 12.5. The van der Waals surface area contributed by atoms with Crippen molar-refractivity contribution >= 4 is 27.6 Å². The number of hydrogen-bond donors (Lipinski definition) is 4. The molecule has 1 heterocycles. The SMILES string of the molecule is CC(C)(C)NC(=O)C1C[C@@H]2CCCC[C@@H]2CN1CC(O)C(Cc1ccccc1)NC(=O)[C@@H](NC(=O)C(C)(C)Oc1ccccc1)C(C)(C)S(C)(=O)=O. The molecule has 2 aromatic carbocycles. The topological polar surface area (TPSA) is 154 Å². The highest BCUT2D eigenvalue weighted by Crippen LogP contribution is 2.39. The number of nitrogens with zero attached hydrogens (tertiary/aromatic N) is 1. The Hall–Kier alpha value is -3.48. The van der Waals surface area contributed by atoms with Crippen molar-refractivity contribution < 1.29 is 32.6 Å². The van der Waals surface area contributed by atoms with E-state index in [4.69, 9.17) is 4.74 Å². The van der Waals surface area contributed by atoms with E-state index < -0.39 is 61.8 Å². The van der Waals surface area contributed by atoms with Crippen molar-refractivity contribution in [3.05, 3.63) is 66.2 Å². The standard InChI is InChI=1S/C40H60N4O7S/c1-38(2,3)43-35(46)32-24-28-19-15-16-20-29(28)25-44(32)26-33(45)31(23-27-17-11-9-12-18-27)41-36(47)34(40(6,7)52(8,49)50)42-37(48)39(4,5)51-30-21-13-10-14-22-30/h9-14,17-18,21-22,28-29,31-34,45H,15-16,19-20,23-26H2,1-8H3,(H,41,47)(H,42,48)(H,43,46)/t28-,29+,31?,32?,33?,34+/m0/s1. The van der Waals surface area contributed by atoms with Crippen LogP contribution in [-0.2, 0) is 30.6 Å². The Morgan fingerprint density at radius 1 is 0.885 bits per heavy atom. The quantitative estimate of drug-likeness (QED) is 0.227. The zero-order valence-electron chi connectivity index (χ0n) is 32.1. The number of sulfone groups is 1. The third kappa shape index (κ3) is 10.8. The van der Waals surface area contributed by atoms with E-state index in [-0.39, 0.29) is 18.9 Å². The summed E-state index contributed by atoms with van der Waals surface area (Å²) >= 11 is 0. The molecule has 4 N–H and O–H groups in total. The number of benzene rings is 2. The van der Waals surface area contributed by atoms with Crippen LogP contribution < -0.4 is 20.7 Å². The number of β-amino-alcohol motifs (C(OH)–C–C–N with tert-alkyl or cyclic N) is 1. The van der Waals surface area contributed by atoms with Crippen molar-refractivity contribution in [3.63, 3.8) is 0 Å². The fraction of sp³-hybridized carbons (Fsp3) is 0.625. The van der Waals surface area contributed by atoms with E-state index in [1.54, 1.807) is 38.1 Å². The summed E-state index contributed by atoms with van der Waals surface area (Å²) in [6.07, 6.45) is 5.27. The maximum Gasteiger partial charge on any atom is 0.264 e. The third-order valence-electron chi connectivity index (χ3n) is 10.7. The molecule has 2 aromatic rings. The summed E-state index contributed by atoms with van der Waals surface area (Å²) in [5.74, 6) is -0.230. The van der Waals surface area contributed by atoms with E-state index in [1.165, 1.54) is 13.8 Å². The molecule has 1 saturated carbocycles. The first-order valence-corrected chi connectivity index (χ1v) is 20.4. The number of carbonyl (C=O) groups is 3. The minimum absolute atomic E-state index is 0.0783. The number of rotatable bonds is 14. The van der Waals surface area contributed by atoms with E-state index in [1.807, 2.05) is 57.2 Å². The Morgan fingerprint density at radius 3 is 2.04 bits per heavy atom. The molecule has 0 spiro atoms. The van der Waals surface area contributed by atoms with Gasteiger partial charge in [-0.2, -0.15) is 0 Å². The molecule has 0 aromatic heterocycles. The highest BCUT2D eigenvalue weighted by atomic mass is 32.2. The maximum atomic E-state index is 14.4. The number of hydrogen-bond acceptors (Lipinski definition) is 8. The molecule has 0 radical (unpaired) electrons. The second-order valence-corrected chi connectivity index (χ2v) is 19.4. The van der Waals surface area contributed by atoms with Gasteiger partial charge in [0, 0.05) is 24.9 Å². The van der Waals surface area contributed by atoms with Crippen LogP contribution in [0, 0.1) is 11.8 Å². The van der Waals surface area contributed by atoms with Crippen LogP contribution in [0.3, 0.4) is 0 Å². The molecule has 11 nitrogen and oxygen atoms in total. The maximum absolute atomic E-state index is 14.4. The van der Waals surface area contributed by atoms with Gasteiger partial charge in [0.15, 0.2) is 15.4 Å². The minimum atomic E-state index is -3.91. The van der Waals surface area contributed by atoms with Crippen molar-refractivity contribution in [3.8, 4) is 5.75 Å². The lowest BCUT2D eigenvalue weighted by molar-refractivity contribution is -0.138. The smallest absolute Gasteiger partial charge is 0.264 e.